The van der Waals surface area contributed by atoms with Gasteiger partial charge in [-0.15, -0.1) is 0 Å². The molecule has 1 aromatic carbocycles. The number of oxazole rings is 1. The molecule has 27 heavy (non-hydrogen) atoms. The molecular formula is C21H26N4O2. The first kappa shape index (κ1) is 18.8. The maximum absolute atomic E-state index is 5.84. The van der Waals surface area contributed by atoms with Crippen LogP contribution in [0.3, 0.4) is 0 Å². The maximum atomic E-state index is 5.84. The van der Waals surface area contributed by atoms with E-state index in [0.29, 0.717) is 18.4 Å². The molecule has 0 aliphatic rings. The van der Waals surface area contributed by atoms with Gasteiger partial charge in [0.15, 0.2) is 11.7 Å². The highest BCUT2D eigenvalue weighted by Gasteiger charge is 2.12. The molecule has 2 N–H and O–H groups in total. The minimum atomic E-state index is 0.00387. The van der Waals surface area contributed by atoms with E-state index in [1.807, 2.05) is 45.0 Å². The number of aryl methyl sites for hydroxylation is 2. The van der Waals surface area contributed by atoms with Crippen molar-refractivity contribution in [2.24, 2.45) is 4.99 Å². The topological polar surface area (TPSA) is 75.6 Å². The van der Waals surface area contributed by atoms with Crippen LogP contribution in [0.1, 0.15) is 42.9 Å². The molecule has 3 aromatic rings. The highest BCUT2D eigenvalue weighted by Crippen LogP contribution is 2.21. The molecule has 0 aliphatic carbocycles. The van der Waals surface area contributed by atoms with Gasteiger partial charge in [-0.1, -0.05) is 29.8 Å². The van der Waals surface area contributed by atoms with Crippen molar-refractivity contribution < 1.29 is 8.83 Å². The predicted octanol–water partition coefficient (Wildman–Crippen LogP) is 4.37. The van der Waals surface area contributed by atoms with Gasteiger partial charge in [0.05, 0.1) is 12.2 Å². The zero-order valence-corrected chi connectivity index (χ0v) is 16.2. The Morgan fingerprint density at radius 2 is 1.89 bits per heavy atom. The van der Waals surface area contributed by atoms with E-state index < -0.39 is 0 Å². The molecule has 6 heteroatoms. The van der Waals surface area contributed by atoms with Crippen LogP contribution in [0.5, 0.6) is 0 Å². The molecule has 2 heterocycles. The Morgan fingerprint density at radius 3 is 2.56 bits per heavy atom. The van der Waals surface area contributed by atoms with Crippen molar-refractivity contribution >= 4 is 5.96 Å². The lowest BCUT2D eigenvalue weighted by atomic mass is 10.1. The fraction of sp³-hybridized carbons (Fsp3) is 0.333. The second-order valence-electron chi connectivity index (χ2n) is 6.49. The average Bonchev–Trinajstić information content (AvgIpc) is 3.30. The van der Waals surface area contributed by atoms with Crippen molar-refractivity contribution in [1.82, 2.24) is 15.6 Å². The summed E-state index contributed by atoms with van der Waals surface area (Å²) in [5.41, 5.74) is 2.22. The normalized spacial score (nSPS) is 12.8. The average molecular weight is 366 g/mol. The minimum Gasteiger partial charge on any atom is -0.464 e. The number of aromatic nitrogens is 1. The summed E-state index contributed by atoms with van der Waals surface area (Å²) in [6.07, 6.45) is 1.74. The Hall–Kier alpha value is -3.02. The van der Waals surface area contributed by atoms with Crippen molar-refractivity contribution in [2.45, 2.75) is 40.3 Å². The highest BCUT2D eigenvalue weighted by atomic mass is 16.4. The lowest BCUT2D eigenvalue weighted by molar-refractivity contribution is 0.441. The van der Waals surface area contributed by atoms with Crippen molar-refractivity contribution in [3.8, 4) is 11.3 Å². The summed E-state index contributed by atoms with van der Waals surface area (Å²) in [7, 11) is 0. The molecule has 0 bridgehead atoms. The van der Waals surface area contributed by atoms with Crippen LogP contribution < -0.4 is 10.6 Å². The van der Waals surface area contributed by atoms with Gasteiger partial charge >= 0.3 is 0 Å². The monoisotopic (exact) mass is 366 g/mol. The fourth-order valence-corrected chi connectivity index (χ4v) is 2.66. The van der Waals surface area contributed by atoms with Crippen molar-refractivity contribution in [2.75, 3.05) is 6.54 Å². The van der Waals surface area contributed by atoms with Crippen LogP contribution in [0, 0.1) is 13.8 Å². The summed E-state index contributed by atoms with van der Waals surface area (Å²) in [4.78, 5) is 8.91. The van der Waals surface area contributed by atoms with Gasteiger partial charge in [0.2, 0.25) is 5.89 Å². The molecule has 0 amide bonds. The Morgan fingerprint density at radius 1 is 1.11 bits per heavy atom. The van der Waals surface area contributed by atoms with Gasteiger partial charge in [-0.05, 0) is 39.8 Å². The van der Waals surface area contributed by atoms with Crippen LogP contribution in [0.25, 0.3) is 11.3 Å². The van der Waals surface area contributed by atoms with E-state index >= 15 is 0 Å². The van der Waals surface area contributed by atoms with Crippen LogP contribution in [-0.4, -0.2) is 17.5 Å². The summed E-state index contributed by atoms with van der Waals surface area (Å²) in [6.45, 7) is 9.17. The molecule has 0 saturated carbocycles. The summed E-state index contributed by atoms with van der Waals surface area (Å²) in [5.74, 6) is 3.77. The third kappa shape index (κ3) is 5.00. The Bertz CT molecular complexity index is 893. The number of hydrogen-bond acceptors (Lipinski definition) is 4. The number of nitrogens with zero attached hydrogens (tertiary/aromatic N) is 2. The maximum Gasteiger partial charge on any atom is 0.216 e. The van der Waals surface area contributed by atoms with Gasteiger partial charge in [0.25, 0.3) is 0 Å². The first-order valence-corrected chi connectivity index (χ1v) is 9.18. The first-order chi connectivity index (χ1) is 13.0. The predicted molar refractivity (Wildman–Crippen MR) is 106 cm³/mol. The van der Waals surface area contributed by atoms with E-state index in [1.54, 1.807) is 6.20 Å². The number of nitrogens with one attached hydrogen (secondary N) is 2. The second kappa shape index (κ2) is 8.58. The molecule has 0 saturated heterocycles. The molecule has 0 aliphatic heterocycles. The zero-order chi connectivity index (χ0) is 19.2. The standard InChI is InChI=1S/C21H26N4O2/c1-5-22-21(25-16(4)18-11-8-15(3)26-18)24-13-20-23-12-19(27-20)17-9-6-14(2)7-10-17/h6-12,16H,5,13H2,1-4H3,(H2,22,24,25). The van der Waals surface area contributed by atoms with Crippen LogP contribution in [0.15, 0.2) is 56.4 Å². The van der Waals surface area contributed by atoms with Crippen LogP contribution in [0.4, 0.5) is 0 Å². The van der Waals surface area contributed by atoms with Crippen molar-refractivity contribution in [3.05, 3.63) is 65.6 Å². The van der Waals surface area contributed by atoms with E-state index in [-0.39, 0.29) is 6.04 Å². The smallest absolute Gasteiger partial charge is 0.216 e. The van der Waals surface area contributed by atoms with Gasteiger partial charge in [-0.2, -0.15) is 0 Å². The number of hydrogen-bond donors (Lipinski definition) is 2. The SMILES string of the molecule is CCNC(=NCc1ncc(-c2ccc(C)cc2)o1)NC(C)c1ccc(C)o1. The molecule has 1 atom stereocenters. The Labute approximate surface area is 159 Å². The van der Waals surface area contributed by atoms with E-state index in [0.717, 1.165) is 29.4 Å². The third-order valence-electron chi connectivity index (χ3n) is 4.15. The van der Waals surface area contributed by atoms with Gasteiger partial charge < -0.3 is 19.5 Å². The van der Waals surface area contributed by atoms with Gasteiger partial charge in [0, 0.05) is 12.1 Å². The lowest BCUT2D eigenvalue weighted by Crippen LogP contribution is -2.38. The fourth-order valence-electron chi connectivity index (χ4n) is 2.66. The molecule has 1 unspecified atom stereocenters. The minimum absolute atomic E-state index is 0.00387. The first-order valence-electron chi connectivity index (χ1n) is 9.18. The molecule has 0 spiro atoms. The Balaban J connectivity index is 1.67. The summed E-state index contributed by atoms with van der Waals surface area (Å²) in [5, 5.41) is 6.57. The van der Waals surface area contributed by atoms with Gasteiger partial charge in [-0.25, -0.2) is 9.98 Å². The number of guanidine groups is 1. The van der Waals surface area contributed by atoms with E-state index in [9.17, 15) is 0 Å². The third-order valence-corrected chi connectivity index (χ3v) is 4.15. The van der Waals surface area contributed by atoms with E-state index in [2.05, 4.69) is 39.7 Å². The van der Waals surface area contributed by atoms with Crippen molar-refractivity contribution in [1.29, 1.82) is 0 Å². The largest absolute Gasteiger partial charge is 0.464 e. The second-order valence-corrected chi connectivity index (χ2v) is 6.49. The molecular weight excluding hydrogens is 340 g/mol. The molecule has 0 fully saturated rings. The number of rotatable bonds is 6. The molecule has 0 radical (unpaired) electrons. The Kier molecular flexibility index (Phi) is 5.96. The quantitative estimate of drug-likeness (QED) is 0.500. The lowest BCUT2D eigenvalue weighted by Gasteiger charge is -2.15. The van der Waals surface area contributed by atoms with Crippen molar-refractivity contribution in [3.63, 3.8) is 0 Å². The highest BCUT2D eigenvalue weighted by molar-refractivity contribution is 5.80. The summed E-state index contributed by atoms with van der Waals surface area (Å²) >= 11 is 0. The molecule has 6 nitrogen and oxygen atoms in total. The molecule has 142 valence electrons. The summed E-state index contributed by atoms with van der Waals surface area (Å²) in [6, 6.07) is 12.1. The molecule has 2 aromatic heterocycles. The zero-order valence-electron chi connectivity index (χ0n) is 16.2. The number of aliphatic imine (C=N–C) groups is 1. The van der Waals surface area contributed by atoms with E-state index in [1.165, 1.54) is 5.56 Å². The van der Waals surface area contributed by atoms with E-state index in [4.69, 9.17) is 8.83 Å². The number of benzene rings is 1. The number of furan rings is 1. The van der Waals surface area contributed by atoms with Crippen LogP contribution in [0.2, 0.25) is 0 Å². The van der Waals surface area contributed by atoms with Crippen LogP contribution >= 0.6 is 0 Å². The molecule has 3 rings (SSSR count). The van der Waals surface area contributed by atoms with Crippen LogP contribution in [-0.2, 0) is 6.54 Å². The van der Waals surface area contributed by atoms with Gasteiger partial charge in [0.1, 0.15) is 18.1 Å². The van der Waals surface area contributed by atoms with Gasteiger partial charge in [-0.3, -0.25) is 0 Å². The summed E-state index contributed by atoms with van der Waals surface area (Å²) < 4.78 is 11.5.